The third kappa shape index (κ3) is 2.47. The lowest BCUT2D eigenvalue weighted by Gasteiger charge is -2.09. The predicted molar refractivity (Wildman–Crippen MR) is 78.1 cm³/mol. The maximum absolute atomic E-state index is 13.1. The summed E-state index contributed by atoms with van der Waals surface area (Å²) in [6.45, 7) is 1.97. The first-order valence-electron chi connectivity index (χ1n) is 6.01. The van der Waals surface area contributed by atoms with Crippen LogP contribution in [0.4, 0.5) is 4.39 Å². The molecule has 1 heterocycles. The van der Waals surface area contributed by atoms with Gasteiger partial charge in [-0.15, -0.1) is 0 Å². The fourth-order valence-electron chi connectivity index (χ4n) is 2.00. The highest BCUT2D eigenvalue weighted by atomic mass is 32.2. The summed E-state index contributed by atoms with van der Waals surface area (Å²) >= 11 is 1.67. The van der Waals surface area contributed by atoms with Crippen molar-refractivity contribution in [3.63, 3.8) is 0 Å². The van der Waals surface area contributed by atoms with Gasteiger partial charge in [0.2, 0.25) is 0 Å². The minimum Gasteiger partial charge on any atom is -0.252 e. The molecule has 1 aliphatic heterocycles. The van der Waals surface area contributed by atoms with Crippen LogP contribution in [0.5, 0.6) is 0 Å². The van der Waals surface area contributed by atoms with Gasteiger partial charge in [-0.1, -0.05) is 30.0 Å². The smallest absolute Gasteiger partial charge is 0.123 e. The SMILES string of the molecule is CC1=CSc2ccccc2C(c2ccc(F)cc2)=N1. The average Bonchev–Trinajstić information content (AvgIpc) is 2.60. The Balaban J connectivity index is 2.18. The molecule has 0 atom stereocenters. The number of hydrogen-bond donors (Lipinski definition) is 0. The van der Waals surface area contributed by atoms with Crippen molar-refractivity contribution in [1.82, 2.24) is 0 Å². The van der Waals surface area contributed by atoms with Crippen LogP contribution in [0.2, 0.25) is 0 Å². The van der Waals surface area contributed by atoms with Crippen LogP contribution in [0.15, 0.2) is 69.5 Å². The number of benzene rings is 2. The van der Waals surface area contributed by atoms with E-state index >= 15 is 0 Å². The van der Waals surface area contributed by atoms with Crippen molar-refractivity contribution in [2.45, 2.75) is 11.8 Å². The topological polar surface area (TPSA) is 12.4 Å². The fourth-order valence-corrected chi connectivity index (χ4v) is 2.80. The van der Waals surface area contributed by atoms with Crippen LogP contribution in [0.1, 0.15) is 18.1 Å². The summed E-state index contributed by atoms with van der Waals surface area (Å²) in [5, 5.41) is 2.04. The van der Waals surface area contributed by atoms with Crippen LogP contribution in [-0.2, 0) is 0 Å². The van der Waals surface area contributed by atoms with E-state index in [2.05, 4.69) is 17.1 Å². The van der Waals surface area contributed by atoms with Gasteiger partial charge in [-0.2, -0.15) is 0 Å². The van der Waals surface area contributed by atoms with E-state index in [1.807, 2.05) is 24.5 Å². The summed E-state index contributed by atoms with van der Waals surface area (Å²) in [4.78, 5) is 5.82. The predicted octanol–water partition coefficient (Wildman–Crippen LogP) is 4.63. The van der Waals surface area contributed by atoms with Crippen molar-refractivity contribution in [3.05, 3.63) is 76.6 Å². The maximum atomic E-state index is 13.1. The Bertz CT molecular complexity index is 671. The molecule has 1 nitrogen and oxygen atoms in total. The molecular weight excluding hydrogens is 257 g/mol. The van der Waals surface area contributed by atoms with Crippen molar-refractivity contribution in [2.24, 2.45) is 4.99 Å². The number of aliphatic imine (C=N–C) groups is 1. The van der Waals surface area contributed by atoms with Crippen molar-refractivity contribution in [1.29, 1.82) is 0 Å². The number of thioether (sulfide) groups is 1. The Morgan fingerprint density at radius 1 is 1.00 bits per heavy atom. The maximum Gasteiger partial charge on any atom is 0.123 e. The molecule has 0 amide bonds. The summed E-state index contributed by atoms with van der Waals surface area (Å²) < 4.78 is 13.1. The summed E-state index contributed by atoms with van der Waals surface area (Å²) in [6.07, 6.45) is 0. The molecule has 2 aromatic rings. The number of rotatable bonds is 1. The van der Waals surface area contributed by atoms with Crippen LogP contribution in [0.25, 0.3) is 0 Å². The number of halogens is 1. The molecule has 19 heavy (non-hydrogen) atoms. The normalized spacial score (nSPS) is 14.2. The molecule has 3 rings (SSSR count). The zero-order valence-corrected chi connectivity index (χ0v) is 11.2. The standard InChI is InChI=1S/C16H12FNS/c1-11-10-19-15-5-3-2-4-14(15)16(18-11)12-6-8-13(17)9-7-12/h2-10H,1H3. The quantitative estimate of drug-likeness (QED) is 0.735. The second kappa shape index (κ2) is 5.02. The van der Waals surface area contributed by atoms with Crippen LogP contribution < -0.4 is 0 Å². The molecule has 0 saturated heterocycles. The van der Waals surface area contributed by atoms with Crippen molar-refractivity contribution in [3.8, 4) is 0 Å². The van der Waals surface area contributed by atoms with Crippen molar-refractivity contribution in [2.75, 3.05) is 0 Å². The van der Waals surface area contributed by atoms with E-state index < -0.39 is 0 Å². The number of hydrogen-bond acceptors (Lipinski definition) is 2. The monoisotopic (exact) mass is 269 g/mol. The zero-order valence-electron chi connectivity index (χ0n) is 10.4. The van der Waals surface area contributed by atoms with E-state index in [4.69, 9.17) is 0 Å². The lowest BCUT2D eigenvalue weighted by Crippen LogP contribution is -2.04. The third-order valence-electron chi connectivity index (χ3n) is 2.90. The van der Waals surface area contributed by atoms with Gasteiger partial charge in [0.25, 0.3) is 0 Å². The zero-order chi connectivity index (χ0) is 13.2. The highest BCUT2D eigenvalue weighted by Crippen LogP contribution is 2.30. The molecule has 0 aromatic heterocycles. The van der Waals surface area contributed by atoms with E-state index in [9.17, 15) is 4.39 Å². The van der Waals surface area contributed by atoms with E-state index in [1.54, 1.807) is 23.9 Å². The third-order valence-corrected chi connectivity index (χ3v) is 3.97. The summed E-state index contributed by atoms with van der Waals surface area (Å²) in [5.74, 6) is -0.229. The van der Waals surface area contributed by atoms with Crippen LogP contribution in [-0.4, -0.2) is 5.71 Å². The minimum absolute atomic E-state index is 0.229. The molecule has 0 unspecified atom stereocenters. The first kappa shape index (κ1) is 12.2. The first-order valence-corrected chi connectivity index (χ1v) is 6.89. The average molecular weight is 269 g/mol. The Kier molecular flexibility index (Phi) is 3.22. The summed E-state index contributed by atoms with van der Waals surface area (Å²) in [6, 6.07) is 14.6. The van der Waals surface area contributed by atoms with E-state index in [-0.39, 0.29) is 5.82 Å². The molecule has 2 aromatic carbocycles. The molecule has 0 spiro atoms. The Morgan fingerprint density at radius 3 is 2.53 bits per heavy atom. The van der Waals surface area contributed by atoms with E-state index in [0.717, 1.165) is 22.5 Å². The minimum atomic E-state index is -0.229. The van der Waals surface area contributed by atoms with Gasteiger partial charge in [-0.3, -0.25) is 4.99 Å². The van der Waals surface area contributed by atoms with Gasteiger partial charge in [0.1, 0.15) is 5.82 Å². The van der Waals surface area contributed by atoms with Crippen LogP contribution in [0.3, 0.4) is 0 Å². The van der Waals surface area contributed by atoms with Crippen LogP contribution >= 0.6 is 11.8 Å². The number of fused-ring (bicyclic) bond motifs is 1. The second-order valence-corrected chi connectivity index (χ2v) is 5.25. The molecule has 0 bridgehead atoms. The van der Waals surface area contributed by atoms with Crippen molar-refractivity contribution < 1.29 is 4.39 Å². The van der Waals surface area contributed by atoms with Gasteiger partial charge in [-0.25, -0.2) is 4.39 Å². The fraction of sp³-hybridized carbons (Fsp3) is 0.0625. The van der Waals surface area contributed by atoms with E-state index in [1.165, 1.54) is 17.0 Å². The van der Waals surface area contributed by atoms with Crippen LogP contribution in [0, 0.1) is 5.82 Å². The van der Waals surface area contributed by atoms with E-state index in [0.29, 0.717) is 0 Å². The Hall–Kier alpha value is -1.87. The molecule has 0 fully saturated rings. The Morgan fingerprint density at radius 2 is 1.74 bits per heavy atom. The van der Waals surface area contributed by atoms with Gasteiger partial charge < -0.3 is 0 Å². The molecule has 0 N–H and O–H groups in total. The second-order valence-electron chi connectivity index (χ2n) is 4.34. The molecule has 0 saturated carbocycles. The Labute approximate surface area is 115 Å². The van der Waals surface area contributed by atoms with Gasteiger partial charge >= 0.3 is 0 Å². The number of allylic oxidation sites excluding steroid dienone is 1. The molecular formula is C16H12FNS. The molecule has 0 aliphatic carbocycles. The lowest BCUT2D eigenvalue weighted by atomic mass is 10.0. The highest BCUT2D eigenvalue weighted by Gasteiger charge is 2.14. The van der Waals surface area contributed by atoms with Gasteiger partial charge in [0.15, 0.2) is 0 Å². The summed E-state index contributed by atoms with van der Waals surface area (Å²) in [7, 11) is 0. The first-order chi connectivity index (χ1) is 9.24. The van der Waals surface area contributed by atoms with Gasteiger partial charge in [-0.05, 0) is 42.7 Å². The molecule has 3 heteroatoms. The number of nitrogens with zero attached hydrogens (tertiary/aromatic N) is 1. The van der Waals surface area contributed by atoms with Gasteiger partial charge in [0, 0.05) is 21.7 Å². The molecule has 0 radical (unpaired) electrons. The van der Waals surface area contributed by atoms with Crippen molar-refractivity contribution >= 4 is 17.5 Å². The summed E-state index contributed by atoms with van der Waals surface area (Å²) in [5.41, 5.74) is 3.88. The molecule has 94 valence electrons. The highest BCUT2D eigenvalue weighted by molar-refractivity contribution is 8.02. The van der Waals surface area contributed by atoms with Gasteiger partial charge in [0.05, 0.1) is 5.71 Å². The lowest BCUT2D eigenvalue weighted by molar-refractivity contribution is 0.628. The molecule has 1 aliphatic rings. The largest absolute Gasteiger partial charge is 0.252 e.